The van der Waals surface area contributed by atoms with Crippen molar-refractivity contribution in [2.75, 3.05) is 0 Å². The van der Waals surface area contributed by atoms with Crippen LogP contribution in [-0.4, -0.2) is 22.3 Å². The lowest BCUT2D eigenvalue weighted by Crippen LogP contribution is -2.04. The molecule has 39 heavy (non-hydrogen) atoms. The predicted molar refractivity (Wildman–Crippen MR) is 167 cm³/mol. The third-order valence-corrected chi connectivity index (χ3v) is 7.98. The number of hydrogen-bond donors (Lipinski definition) is 2. The van der Waals surface area contributed by atoms with Crippen molar-refractivity contribution in [3.05, 3.63) is 71.8 Å². The summed E-state index contributed by atoms with van der Waals surface area (Å²) in [7, 11) is 0. The number of hydrogen-bond acceptors (Lipinski definition) is 2. The molecule has 3 aromatic rings. The first kappa shape index (κ1) is 30.9. The zero-order valence-corrected chi connectivity index (χ0v) is 24.2. The number of benzene rings is 3. The quantitative estimate of drug-likeness (QED) is 0.117. The first-order chi connectivity index (χ1) is 19.1. The summed E-state index contributed by atoms with van der Waals surface area (Å²) in [5.41, 5.74) is 3.17. The minimum absolute atomic E-state index is 0.172. The van der Waals surface area contributed by atoms with E-state index in [-0.39, 0.29) is 6.10 Å². The number of aliphatic hydroxyl groups excluding tert-OH is 1. The van der Waals surface area contributed by atoms with Crippen LogP contribution >= 0.6 is 0 Å². The third-order valence-electron chi connectivity index (χ3n) is 7.98. The van der Waals surface area contributed by atoms with Gasteiger partial charge in [0.15, 0.2) is 0 Å². The van der Waals surface area contributed by atoms with Gasteiger partial charge in [-0.1, -0.05) is 113 Å². The summed E-state index contributed by atoms with van der Waals surface area (Å²) < 4.78 is 0. The molecule has 0 aliphatic heterocycles. The van der Waals surface area contributed by atoms with Gasteiger partial charge in [-0.15, -0.1) is 0 Å². The van der Waals surface area contributed by atoms with E-state index in [1.54, 1.807) is 11.1 Å². The number of aliphatic carboxylic acids is 1. The van der Waals surface area contributed by atoms with Gasteiger partial charge >= 0.3 is 5.97 Å². The highest BCUT2D eigenvalue weighted by atomic mass is 16.4. The Kier molecular flexibility index (Phi) is 14.1. The highest BCUT2D eigenvalue weighted by molar-refractivity contribution is 6.08. The van der Waals surface area contributed by atoms with Gasteiger partial charge in [-0.05, 0) is 90.5 Å². The maximum Gasteiger partial charge on any atom is 0.303 e. The Morgan fingerprint density at radius 3 is 2.38 bits per heavy atom. The van der Waals surface area contributed by atoms with Crippen molar-refractivity contribution in [3.63, 3.8) is 0 Å². The molecule has 3 heteroatoms. The first-order valence-electron chi connectivity index (χ1n) is 15.6. The fraction of sp³-hybridized carbons (Fsp3) is 0.528. The minimum Gasteiger partial charge on any atom is -0.481 e. The highest BCUT2D eigenvalue weighted by Crippen LogP contribution is 2.33. The molecule has 0 fully saturated rings. The Bertz CT molecular complexity index is 1160. The number of unbranched alkanes of at least 4 members (excludes halogenated alkanes) is 8. The molecule has 0 radical (unpaired) electrons. The summed E-state index contributed by atoms with van der Waals surface area (Å²) in [4.78, 5) is 10.3. The molecule has 3 aromatic carbocycles. The molecular formula is C36H50O3. The Hall–Kier alpha value is -2.65. The molecule has 0 saturated heterocycles. The second-order valence-electron chi connectivity index (χ2n) is 11.2. The molecule has 2 N–H and O–H groups in total. The number of aryl methyl sites for hydroxylation is 2. The lowest BCUT2D eigenvalue weighted by atomic mass is 9.86. The number of rotatable bonds is 15. The molecule has 3 nitrogen and oxygen atoms in total. The van der Waals surface area contributed by atoms with Crippen molar-refractivity contribution in [3.8, 4) is 0 Å². The molecule has 0 heterocycles. The average Bonchev–Trinajstić information content (AvgIpc) is 2.96. The van der Waals surface area contributed by atoms with Crippen molar-refractivity contribution in [2.24, 2.45) is 0 Å². The molecule has 1 aliphatic rings. The van der Waals surface area contributed by atoms with Gasteiger partial charge in [-0.25, -0.2) is 0 Å². The molecule has 0 aromatic heterocycles. The number of carbonyl (C=O) groups is 1. The Morgan fingerprint density at radius 2 is 1.54 bits per heavy atom. The number of carboxylic acids is 1. The fourth-order valence-electron chi connectivity index (χ4n) is 5.71. The van der Waals surface area contributed by atoms with E-state index < -0.39 is 5.97 Å². The van der Waals surface area contributed by atoms with E-state index in [2.05, 4.69) is 67.6 Å². The van der Waals surface area contributed by atoms with Crippen LogP contribution in [0.3, 0.4) is 0 Å². The van der Waals surface area contributed by atoms with Crippen LogP contribution in [0.1, 0.15) is 114 Å². The normalized spacial score (nSPS) is 13.8. The lowest BCUT2D eigenvalue weighted by Gasteiger charge is -2.18. The van der Waals surface area contributed by atoms with Gasteiger partial charge in [0.2, 0.25) is 0 Å². The Balaban J connectivity index is 0.000000216. The van der Waals surface area contributed by atoms with Crippen LogP contribution < -0.4 is 0 Å². The smallest absolute Gasteiger partial charge is 0.303 e. The zero-order chi connectivity index (χ0) is 27.7. The highest BCUT2D eigenvalue weighted by Gasteiger charge is 2.13. The van der Waals surface area contributed by atoms with Gasteiger partial charge in [0, 0.05) is 6.42 Å². The maximum atomic E-state index is 10.3. The fourth-order valence-corrected chi connectivity index (χ4v) is 5.71. The molecule has 212 valence electrons. The minimum atomic E-state index is -0.689. The van der Waals surface area contributed by atoms with E-state index in [0.29, 0.717) is 6.42 Å². The SMILES string of the molecule is CCCCCCC(O)C/C=C\CCCCCCCC(=O)O.c1ccc2c(c1)ccc1c3c(ccc12)CCCC3. The van der Waals surface area contributed by atoms with Crippen LogP contribution in [0.25, 0.3) is 21.5 Å². The summed E-state index contributed by atoms with van der Waals surface area (Å²) in [6, 6.07) is 18.0. The van der Waals surface area contributed by atoms with Gasteiger partial charge in [0.1, 0.15) is 0 Å². The van der Waals surface area contributed by atoms with Crippen LogP contribution in [0, 0.1) is 0 Å². The topological polar surface area (TPSA) is 57.5 Å². The van der Waals surface area contributed by atoms with E-state index in [1.165, 1.54) is 72.9 Å². The van der Waals surface area contributed by atoms with Crippen LogP contribution in [0.5, 0.6) is 0 Å². The first-order valence-corrected chi connectivity index (χ1v) is 15.6. The Morgan fingerprint density at radius 1 is 0.795 bits per heavy atom. The number of aliphatic hydroxyl groups is 1. The lowest BCUT2D eigenvalue weighted by molar-refractivity contribution is -0.137. The average molecular weight is 531 g/mol. The molecular weight excluding hydrogens is 480 g/mol. The second kappa shape index (κ2) is 17.8. The van der Waals surface area contributed by atoms with Crippen molar-refractivity contribution in [2.45, 2.75) is 122 Å². The van der Waals surface area contributed by atoms with Gasteiger partial charge in [0.05, 0.1) is 6.10 Å². The van der Waals surface area contributed by atoms with Gasteiger partial charge in [-0.2, -0.15) is 0 Å². The summed E-state index contributed by atoms with van der Waals surface area (Å²) in [5.74, 6) is -0.689. The molecule has 0 spiro atoms. The molecule has 4 rings (SSSR count). The molecule has 1 aliphatic carbocycles. The van der Waals surface area contributed by atoms with Gasteiger partial charge < -0.3 is 10.2 Å². The molecule has 0 bridgehead atoms. The van der Waals surface area contributed by atoms with Crippen molar-refractivity contribution in [1.29, 1.82) is 0 Å². The van der Waals surface area contributed by atoms with Crippen molar-refractivity contribution < 1.29 is 15.0 Å². The van der Waals surface area contributed by atoms with Crippen LogP contribution in [0.4, 0.5) is 0 Å². The molecule has 1 unspecified atom stereocenters. The standard InChI is InChI=1S/C18H34O3.C18H16/c1-2-3-4-11-14-17(19)15-12-9-7-5-6-8-10-13-16-18(20)21;1-3-7-15-13(5-1)9-11-18-16-8-4-2-6-14(16)10-12-17(15)18/h9,12,17,19H,2-8,10-11,13-16H2,1H3,(H,20,21);1,3,5,7,9-12H,2,4,6,8H2/b12-9-;. The van der Waals surface area contributed by atoms with Crippen LogP contribution in [0.2, 0.25) is 0 Å². The summed E-state index contributed by atoms with van der Waals surface area (Å²) >= 11 is 0. The van der Waals surface area contributed by atoms with Crippen LogP contribution in [0.15, 0.2) is 60.7 Å². The van der Waals surface area contributed by atoms with E-state index in [4.69, 9.17) is 5.11 Å². The zero-order valence-electron chi connectivity index (χ0n) is 24.2. The van der Waals surface area contributed by atoms with Crippen molar-refractivity contribution in [1.82, 2.24) is 0 Å². The van der Waals surface area contributed by atoms with Gasteiger partial charge in [-0.3, -0.25) is 4.79 Å². The maximum absolute atomic E-state index is 10.3. The summed E-state index contributed by atoms with van der Waals surface area (Å²) in [6.07, 6.45) is 22.6. The third kappa shape index (κ3) is 10.8. The summed E-state index contributed by atoms with van der Waals surface area (Å²) in [6.45, 7) is 2.20. The number of fused-ring (bicyclic) bond motifs is 5. The summed E-state index contributed by atoms with van der Waals surface area (Å²) in [5, 5.41) is 23.9. The van der Waals surface area contributed by atoms with E-state index in [1.807, 2.05) is 0 Å². The number of carboxylic acid groups (broad SMARTS) is 1. The molecule has 0 saturated carbocycles. The second-order valence-corrected chi connectivity index (χ2v) is 11.2. The van der Waals surface area contributed by atoms with Gasteiger partial charge in [0.25, 0.3) is 0 Å². The molecule has 1 atom stereocenters. The largest absolute Gasteiger partial charge is 0.481 e. The predicted octanol–water partition coefficient (Wildman–Crippen LogP) is 9.95. The number of allylic oxidation sites excluding steroid dienone is 1. The van der Waals surface area contributed by atoms with E-state index in [9.17, 15) is 9.90 Å². The van der Waals surface area contributed by atoms with E-state index >= 15 is 0 Å². The van der Waals surface area contributed by atoms with Crippen LogP contribution in [-0.2, 0) is 17.6 Å². The van der Waals surface area contributed by atoms with E-state index in [0.717, 1.165) is 51.4 Å². The molecule has 0 amide bonds. The monoisotopic (exact) mass is 530 g/mol. The van der Waals surface area contributed by atoms with Crippen molar-refractivity contribution >= 4 is 27.5 Å². The Labute approximate surface area is 236 Å².